The smallest absolute Gasteiger partial charge is 0.295 e. The number of methoxy groups -OCH3 is 1. The molecule has 1 saturated heterocycles. The molecule has 176 valence electrons. The standard InChI is InChI=1S/C25H28ClNO6/c1-14(2)13-33-20-8-6-17(11-15(20)3)23(29)21-22(16-5-7-19(28)18(26)12-16)27(9-10-32-4)25(31)24(21)30/h5-8,11-12,14,22,28-29H,9-10,13H2,1-4H3/b23-21-. The highest BCUT2D eigenvalue weighted by Crippen LogP contribution is 2.41. The van der Waals surface area contributed by atoms with E-state index in [2.05, 4.69) is 0 Å². The molecule has 2 N–H and O–H groups in total. The SMILES string of the molecule is COCCN1C(=O)C(=O)/C(=C(\O)c2ccc(OCC(C)C)c(C)c2)C1c1ccc(O)c(Cl)c1. The number of likely N-dealkylation sites (tertiary alicyclic amines) is 1. The summed E-state index contributed by atoms with van der Waals surface area (Å²) in [4.78, 5) is 27.2. The van der Waals surface area contributed by atoms with Gasteiger partial charge in [-0.2, -0.15) is 0 Å². The Bertz CT molecular complexity index is 1090. The first-order chi connectivity index (χ1) is 15.6. The lowest BCUT2D eigenvalue weighted by Crippen LogP contribution is -2.32. The molecule has 0 aliphatic carbocycles. The molecule has 0 spiro atoms. The molecule has 0 aromatic heterocycles. The van der Waals surface area contributed by atoms with Crippen LogP contribution in [0.3, 0.4) is 0 Å². The van der Waals surface area contributed by atoms with Crippen LogP contribution in [-0.4, -0.2) is 53.7 Å². The quantitative estimate of drug-likeness (QED) is 0.334. The molecule has 1 unspecified atom stereocenters. The third-order valence-corrected chi connectivity index (χ3v) is 5.69. The number of hydrogen-bond acceptors (Lipinski definition) is 6. The number of rotatable bonds is 8. The summed E-state index contributed by atoms with van der Waals surface area (Å²) in [5.74, 6) is -0.907. The van der Waals surface area contributed by atoms with Crippen molar-refractivity contribution in [3.8, 4) is 11.5 Å². The molecule has 7 nitrogen and oxygen atoms in total. The lowest BCUT2D eigenvalue weighted by molar-refractivity contribution is -0.140. The van der Waals surface area contributed by atoms with Crippen LogP contribution in [0, 0.1) is 12.8 Å². The number of aryl methyl sites for hydroxylation is 1. The van der Waals surface area contributed by atoms with E-state index in [0.29, 0.717) is 29.4 Å². The van der Waals surface area contributed by atoms with Gasteiger partial charge in [-0.3, -0.25) is 9.59 Å². The predicted octanol–water partition coefficient (Wildman–Crippen LogP) is 4.46. The summed E-state index contributed by atoms with van der Waals surface area (Å²) in [6, 6.07) is 8.67. The Morgan fingerprint density at radius 1 is 1.18 bits per heavy atom. The molecule has 0 saturated carbocycles. The number of halogens is 1. The van der Waals surface area contributed by atoms with E-state index in [1.807, 2.05) is 20.8 Å². The Balaban J connectivity index is 2.10. The summed E-state index contributed by atoms with van der Waals surface area (Å²) >= 11 is 6.10. The van der Waals surface area contributed by atoms with Crippen molar-refractivity contribution < 1.29 is 29.3 Å². The fraction of sp³-hybridized carbons (Fsp3) is 0.360. The maximum atomic E-state index is 13.0. The highest BCUT2D eigenvalue weighted by atomic mass is 35.5. The Kier molecular flexibility index (Phi) is 7.66. The Labute approximate surface area is 198 Å². The van der Waals surface area contributed by atoms with Gasteiger partial charge in [0.2, 0.25) is 0 Å². The van der Waals surface area contributed by atoms with Crippen LogP contribution in [0.25, 0.3) is 5.76 Å². The van der Waals surface area contributed by atoms with Crippen molar-refractivity contribution in [3.63, 3.8) is 0 Å². The maximum absolute atomic E-state index is 13.0. The first-order valence-electron chi connectivity index (χ1n) is 10.6. The van der Waals surface area contributed by atoms with Gasteiger partial charge in [-0.15, -0.1) is 0 Å². The minimum absolute atomic E-state index is 0.0480. The molecular weight excluding hydrogens is 446 g/mol. The predicted molar refractivity (Wildman–Crippen MR) is 126 cm³/mol. The van der Waals surface area contributed by atoms with Crippen LogP contribution in [0.5, 0.6) is 11.5 Å². The van der Waals surface area contributed by atoms with Crippen molar-refractivity contribution in [2.45, 2.75) is 26.8 Å². The molecule has 1 aliphatic heterocycles. The van der Waals surface area contributed by atoms with Gasteiger partial charge in [-0.25, -0.2) is 0 Å². The number of ketones is 1. The zero-order chi connectivity index (χ0) is 24.3. The number of benzene rings is 2. The highest BCUT2D eigenvalue weighted by molar-refractivity contribution is 6.46. The van der Waals surface area contributed by atoms with Crippen LogP contribution >= 0.6 is 11.6 Å². The van der Waals surface area contributed by atoms with Gasteiger partial charge in [0.15, 0.2) is 0 Å². The van der Waals surface area contributed by atoms with Crippen LogP contribution in [-0.2, 0) is 14.3 Å². The fourth-order valence-electron chi connectivity index (χ4n) is 3.71. The lowest BCUT2D eigenvalue weighted by atomic mass is 9.94. The summed E-state index contributed by atoms with van der Waals surface area (Å²) in [5, 5.41) is 21.1. The van der Waals surface area contributed by atoms with E-state index in [0.717, 1.165) is 5.56 Å². The number of phenolic OH excluding ortho intramolecular Hbond substituents is 1. The van der Waals surface area contributed by atoms with E-state index in [1.165, 1.54) is 24.1 Å². The number of aliphatic hydroxyl groups excluding tert-OH is 1. The number of carbonyl (C=O) groups is 2. The van der Waals surface area contributed by atoms with Gasteiger partial charge in [-0.05, 0) is 54.3 Å². The van der Waals surface area contributed by atoms with Crippen LogP contribution in [0.2, 0.25) is 5.02 Å². The Morgan fingerprint density at radius 2 is 1.91 bits per heavy atom. The molecule has 1 fully saturated rings. The Hall–Kier alpha value is -3.03. The van der Waals surface area contributed by atoms with Crippen LogP contribution < -0.4 is 4.74 Å². The minimum atomic E-state index is -0.879. The highest BCUT2D eigenvalue weighted by Gasteiger charge is 2.46. The topological polar surface area (TPSA) is 96.3 Å². The maximum Gasteiger partial charge on any atom is 0.295 e. The normalized spacial score (nSPS) is 17.8. The van der Waals surface area contributed by atoms with E-state index in [9.17, 15) is 19.8 Å². The van der Waals surface area contributed by atoms with Gasteiger partial charge in [0.1, 0.15) is 17.3 Å². The number of amides is 1. The van der Waals surface area contributed by atoms with Crippen molar-refractivity contribution in [2.75, 3.05) is 26.9 Å². The van der Waals surface area contributed by atoms with E-state index in [1.54, 1.807) is 24.3 Å². The molecule has 1 atom stereocenters. The van der Waals surface area contributed by atoms with Crippen molar-refractivity contribution in [2.24, 2.45) is 5.92 Å². The van der Waals surface area contributed by atoms with E-state index in [-0.39, 0.29) is 35.3 Å². The van der Waals surface area contributed by atoms with Gasteiger partial charge >= 0.3 is 0 Å². The van der Waals surface area contributed by atoms with Gasteiger partial charge < -0.3 is 24.6 Å². The number of nitrogens with zero attached hydrogens (tertiary/aromatic N) is 1. The van der Waals surface area contributed by atoms with Crippen molar-refractivity contribution in [1.82, 2.24) is 4.90 Å². The largest absolute Gasteiger partial charge is 0.507 e. The number of phenols is 1. The summed E-state index contributed by atoms with van der Waals surface area (Å²) in [6.07, 6.45) is 0. The van der Waals surface area contributed by atoms with E-state index < -0.39 is 17.7 Å². The second-order valence-electron chi connectivity index (χ2n) is 8.38. The number of aromatic hydroxyl groups is 1. The number of aliphatic hydroxyl groups is 1. The van der Waals surface area contributed by atoms with Crippen molar-refractivity contribution in [1.29, 1.82) is 0 Å². The number of carbonyl (C=O) groups excluding carboxylic acids is 2. The first-order valence-corrected chi connectivity index (χ1v) is 11.0. The minimum Gasteiger partial charge on any atom is -0.507 e. The van der Waals surface area contributed by atoms with E-state index in [4.69, 9.17) is 21.1 Å². The summed E-state index contributed by atoms with van der Waals surface area (Å²) < 4.78 is 10.9. The number of ether oxygens (including phenoxy) is 2. The Morgan fingerprint density at radius 3 is 2.52 bits per heavy atom. The molecule has 3 rings (SSSR count). The molecule has 2 aromatic rings. The van der Waals surface area contributed by atoms with Crippen LogP contribution in [0.15, 0.2) is 42.0 Å². The molecule has 1 heterocycles. The second kappa shape index (κ2) is 10.3. The molecule has 0 radical (unpaired) electrons. The zero-order valence-corrected chi connectivity index (χ0v) is 19.8. The van der Waals surface area contributed by atoms with Gasteiger partial charge in [0, 0.05) is 19.2 Å². The van der Waals surface area contributed by atoms with Gasteiger partial charge in [0.05, 0.1) is 29.9 Å². The lowest BCUT2D eigenvalue weighted by Gasteiger charge is -2.25. The molecule has 2 aromatic carbocycles. The monoisotopic (exact) mass is 473 g/mol. The summed E-state index contributed by atoms with van der Waals surface area (Å²) in [7, 11) is 1.49. The average molecular weight is 474 g/mol. The van der Waals surface area contributed by atoms with Gasteiger partial charge in [-0.1, -0.05) is 31.5 Å². The molecule has 1 aliphatic rings. The zero-order valence-electron chi connectivity index (χ0n) is 19.1. The van der Waals surface area contributed by atoms with Crippen molar-refractivity contribution in [3.05, 3.63) is 63.7 Å². The second-order valence-corrected chi connectivity index (χ2v) is 8.79. The molecule has 1 amide bonds. The molecule has 33 heavy (non-hydrogen) atoms. The van der Waals surface area contributed by atoms with Gasteiger partial charge in [0.25, 0.3) is 11.7 Å². The first kappa shape index (κ1) is 24.6. The molecule has 0 bridgehead atoms. The van der Waals surface area contributed by atoms with Crippen LogP contribution in [0.4, 0.5) is 0 Å². The number of hydrogen-bond donors (Lipinski definition) is 2. The van der Waals surface area contributed by atoms with Crippen molar-refractivity contribution >= 4 is 29.1 Å². The number of Topliss-reactive ketones (excluding diaryl/α,β-unsaturated/α-hetero) is 1. The van der Waals surface area contributed by atoms with E-state index >= 15 is 0 Å². The summed E-state index contributed by atoms with van der Waals surface area (Å²) in [5.41, 5.74) is 1.62. The third-order valence-electron chi connectivity index (χ3n) is 5.38. The third kappa shape index (κ3) is 5.15. The summed E-state index contributed by atoms with van der Waals surface area (Å²) in [6.45, 7) is 6.85. The molecule has 8 heteroatoms. The molecular formula is C25H28ClNO6. The average Bonchev–Trinajstić information content (AvgIpc) is 3.02. The van der Waals surface area contributed by atoms with Crippen LogP contribution in [0.1, 0.15) is 36.6 Å². The fourth-order valence-corrected chi connectivity index (χ4v) is 3.90.